The Morgan fingerprint density at radius 3 is 2.54 bits per heavy atom. The van der Waals surface area contributed by atoms with Crippen molar-refractivity contribution in [2.45, 2.75) is 25.3 Å². The number of Topliss-reactive ketones (excluding diaryl/α,β-unsaturated/α-hetero) is 1. The van der Waals surface area contributed by atoms with E-state index in [2.05, 4.69) is 0 Å². The molecule has 2 aliphatic rings. The van der Waals surface area contributed by atoms with E-state index in [4.69, 9.17) is 4.74 Å². The van der Waals surface area contributed by atoms with Crippen LogP contribution < -0.4 is 9.30 Å². The first-order valence-corrected chi connectivity index (χ1v) is 9.39. The van der Waals surface area contributed by atoms with E-state index in [1.54, 1.807) is 6.07 Å². The van der Waals surface area contributed by atoms with E-state index in [9.17, 15) is 13.6 Å². The monoisotopic (exact) mass is 378 g/mol. The Morgan fingerprint density at radius 1 is 0.929 bits per heavy atom. The Bertz CT molecular complexity index is 1090. The lowest BCUT2D eigenvalue weighted by atomic mass is 9.98. The summed E-state index contributed by atoms with van der Waals surface area (Å²) in [5, 5.41) is 0. The van der Waals surface area contributed by atoms with Crippen molar-refractivity contribution in [3.8, 4) is 16.9 Å². The minimum atomic E-state index is -0.386. The van der Waals surface area contributed by atoms with Crippen LogP contribution in [0.25, 0.3) is 11.1 Å². The lowest BCUT2D eigenvalue weighted by Crippen LogP contribution is -2.42. The Kier molecular flexibility index (Phi) is 3.97. The van der Waals surface area contributed by atoms with Crippen LogP contribution >= 0.6 is 0 Å². The summed E-state index contributed by atoms with van der Waals surface area (Å²) in [6, 6.07) is 10.7. The van der Waals surface area contributed by atoms with Gasteiger partial charge in [0.2, 0.25) is 11.8 Å². The number of ether oxygens (including phenoxy) is 1. The number of aromatic nitrogens is 1. The van der Waals surface area contributed by atoms with Gasteiger partial charge in [0.1, 0.15) is 17.4 Å². The summed E-state index contributed by atoms with van der Waals surface area (Å²) in [7, 11) is 0. The normalized spacial score (nSPS) is 17.8. The molecule has 0 N–H and O–H groups in total. The Hall–Kier alpha value is -3.08. The first kappa shape index (κ1) is 17.0. The molecule has 140 valence electrons. The van der Waals surface area contributed by atoms with Crippen molar-refractivity contribution in [1.29, 1.82) is 0 Å². The first-order valence-electron chi connectivity index (χ1n) is 9.39. The number of ketones is 1. The summed E-state index contributed by atoms with van der Waals surface area (Å²) in [4.78, 5) is 12.7. The summed E-state index contributed by atoms with van der Waals surface area (Å²) in [5.74, 6) is 0.118. The maximum absolute atomic E-state index is 14.1. The lowest BCUT2D eigenvalue weighted by molar-refractivity contribution is -0.706. The SMILES string of the molecule is O=C1c2ccc(F)cc2CC1[n+]1ccc(-c2cc(F)cc3c2OCCC3)cc1. The van der Waals surface area contributed by atoms with Crippen molar-refractivity contribution >= 4 is 5.78 Å². The Morgan fingerprint density at radius 2 is 1.71 bits per heavy atom. The van der Waals surface area contributed by atoms with Gasteiger partial charge in [0.25, 0.3) is 0 Å². The van der Waals surface area contributed by atoms with E-state index in [0.29, 0.717) is 18.6 Å². The summed E-state index contributed by atoms with van der Waals surface area (Å²) < 4.78 is 35.2. The zero-order valence-electron chi connectivity index (χ0n) is 15.1. The first-order chi connectivity index (χ1) is 13.6. The van der Waals surface area contributed by atoms with Gasteiger partial charge in [0.05, 0.1) is 6.61 Å². The lowest BCUT2D eigenvalue weighted by Gasteiger charge is -2.20. The van der Waals surface area contributed by atoms with E-state index in [0.717, 1.165) is 40.8 Å². The van der Waals surface area contributed by atoms with E-state index in [1.165, 1.54) is 24.3 Å². The van der Waals surface area contributed by atoms with Crippen LogP contribution in [0.2, 0.25) is 0 Å². The molecule has 1 aromatic heterocycles. The van der Waals surface area contributed by atoms with Gasteiger partial charge >= 0.3 is 0 Å². The van der Waals surface area contributed by atoms with Crippen molar-refractivity contribution < 1.29 is 22.9 Å². The third kappa shape index (κ3) is 2.78. The number of pyridine rings is 1. The molecule has 5 rings (SSSR count). The van der Waals surface area contributed by atoms with Gasteiger partial charge in [-0.05, 0) is 59.9 Å². The number of fused-ring (bicyclic) bond motifs is 2. The van der Waals surface area contributed by atoms with E-state index in [-0.39, 0.29) is 23.5 Å². The molecule has 0 bridgehead atoms. The predicted molar refractivity (Wildman–Crippen MR) is 99.3 cm³/mol. The molecule has 1 atom stereocenters. The van der Waals surface area contributed by atoms with Gasteiger partial charge in [-0.25, -0.2) is 8.78 Å². The van der Waals surface area contributed by atoms with Gasteiger partial charge in [0, 0.05) is 29.7 Å². The molecule has 0 spiro atoms. The molecular formula is C23H18F2NO2+. The van der Waals surface area contributed by atoms with Crippen LogP contribution in [0.3, 0.4) is 0 Å². The van der Waals surface area contributed by atoms with Crippen molar-refractivity contribution in [2.75, 3.05) is 6.61 Å². The maximum atomic E-state index is 14.1. The maximum Gasteiger partial charge on any atom is 0.231 e. The molecule has 1 unspecified atom stereocenters. The summed E-state index contributed by atoms with van der Waals surface area (Å²) in [6.45, 7) is 0.629. The number of hydrogen-bond donors (Lipinski definition) is 0. The number of rotatable bonds is 2. The minimum absolute atomic E-state index is 0.0146. The third-order valence-corrected chi connectivity index (χ3v) is 5.54. The van der Waals surface area contributed by atoms with Crippen molar-refractivity contribution in [1.82, 2.24) is 0 Å². The Labute approximate surface area is 161 Å². The van der Waals surface area contributed by atoms with Crippen molar-refractivity contribution in [3.63, 3.8) is 0 Å². The molecule has 2 aromatic carbocycles. The topological polar surface area (TPSA) is 30.2 Å². The van der Waals surface area contributed by atoms with Crippen LogP contribution in [0.4, 0.5) is 8.78 Å². The van der Waals surface area contributed by atoms with Gasteiger partial charge < -0.3 is 4.74 Å². The molecule has 0 radical (unpaired) electrons. The van der Waals surface area contributed by atoms with Gasteiger partial charge in [-0.3, -0.25) is 4.79 Å². The van der Waals surface area contributed by atoms with Gasteiger partial charge in [0.15, 0.2) is 12.4 Å². The van der Waals surface area contributed by atoms with E-state index in [1.807, 2.05) is 29.1 Å². The molecule has 0 fully saturated rings. The van der Waals surface area contributed by atoms with Crippen LogP contribution in [0.1, 0.15) is 33.9 Å². The van der Waals surface area contributed by atoms with Crippen LogP contribution in [-0.4, -0.2) is 12.4 Å². The van der Waals surface area contributed by atoms with Crippen LogP contribution in [0.5, 0.6) is 5.75 Å². The fourth-order valence-corrected chi connectivity index (χ4v) is 4.18. The molecule has 0 amide bonds. The molecule has 0 saturated heterocycles. The fraction of sp³-hybridized carbons (Fsp3) is 0.217. The molecule has 5 heteroatoms. The van der Waals surface area contributed by atoms with Crippen LogP contribution in [-0.2, 0) is 12.8 Å². The fourth-order valence-electron chi connectivity index (χ4n) is 4.18. The Balaban J connectivity index is 1.48. The zero-order chi connectivity index (χ0) is 19.3. The molecule has 2 heterocycles. The van der Waals surface area contributed by atoms with Crippen molar-refractivity contribution in [3.05, 3.63) is 83.2 Å². The standard InChI is InChI=1S/C23H18F2NO2/c24-17-3-4-19-16(11-17)12-21(22(19)27)26-7-5-14(6-8-26)20-13-18(25)10-15-2-1-9-28-23(15)20/h3-8,10-11,13,21H,1-2,9,12H2/q+1. The molecule has 1 aliphatic heterocycles. The smallest absolute Gasteiger partial charge is 0.231 e. The predicted octanol–water partition coefficient (Wildman–Crippen LogP) is 4.22. The highest BCUT2D eigenvalue weighted by atomic mass is 19.1. The number of benzene rings is 2. The number of carbonyl (C=O) groups excluding carboxylic acids is 1. The number of aryl methyl sites for hydroxylation is 1. The van der Waals surface area contributed by atoms with Crippen LogP contribution in [0, 0.1) is 11.6 Å². The molecule has 0 saturated carbocycles. The average molecular weight is 378 g/mol. The van der Waals surface area contributed by atoms with Gasteiger partial charge in [-0.2, -0.15) is 4.57 Å². The molecule has 1 aliphatic carbocycles. The van der Waals surface area contributed by atoms with Crippen LogP contribution in [0.15, 0.2) is 54.9 Å². The van der Waals surface area contributed by atoms with Gasteiger partial charge in [-0.1, -0.05) is 0 Å². The summed E-state index contributed by atoms with van der Waals surface area (Å²) in [5.41, 5.74) is 3.77. The number of halogens is 2. The second-order valence-electron chi connectivity index (χ2n) is 7.31. The number of hydrogen-bond acceptors (Lipinski definition) is 2. The molecule has 3 aromatic rings. The van der Waals surface area contributed by atoms with E-state index >= 15 is 0 Å². The largest absolute Gasteiger partial charge is 0.493 e. The molecule has 28 heavy (non-hydrogen) atoms. The van der Waals surface area contributed by atoms with E-state index < -0.39 is 0 Å². The second-order valence-corrected chi connectivity index (χ2v) is 7.31. The van der Waals surface area contributed by atoms with Gasteiger partial charge in [-0.15, -0.1) is 0 Å². The quantitative estimate of drug-likeness (QED) is 0.625. The average Bonchev–Trinajstić information content (AvgIpc) is 3.03. The second kappa shape index (κ2) is 6.51. The summed E-state index contributed by atoms with van der Waals surface area (Å²) >= 11 is 0. The molecular weight excluding hydrogens is 360 g/mol. The minimum Gasteiger partial charge on any atom is -0.493 e. The third-order valence-electron chi connectivity index (χ3n) is 5.54. The highest BCUT2D eigenvalue weighted by Gasteiger charge is 2.37. The van der Waals surface area contributed by atoms with Crippen molar-refractivity contribution in [2.24, 2.45) is 0 Å². The summed E-state index contributed by atoms with van der Waals surface area (Å²) in [6.07, 6.45) is 5.79. The highest BCUT2D eigenvalue weighted by Crippen LogP contribution is 2.37. The molecule has 3 nitrogen and oxygen atoms in total. The highest BCUT2D eigenvalue weighted by molar-refractivity contribution is 6.02. The zero-order valence-corrected chi connectivity index (χ0v) is 15.1. The number of carbonyl (C=O) groups is 1. The number of nitrogens with zero attached hydrogens (tertiary/aromatic N) is 1.